The quantitative estimate of drug-likeness (QED) is 0.882. The number of rotatable bonds is 3. The summed E-state index contributed by atoms with van der Waals surface area (Å²) in [5.74, 6) is -0.189. The van der Waals surface area contributed by atoms with Crippen LogP contribution in [0.5, 0.6) is 0 Å². The van der Waals surface area contributed by atoms with Crippen molar-refractivity contribution in [2.45, 2.75) is 12.7 Å². The highest BCUT2D eigenvalue weighted by molar-refractivity contribution is 6.29. The maximum atomic E-state index is 12.5. The van der Waals surface area contributed by atoms with Crippen molar-refractivity contribution in [2.75, 3.05) is 5.32 Å². The lowest BCUT2D eigenvalue weighted by Crippen LogP contribution is -2.12. The molecule has 100 valence electrons. The van der Waals surface area contributed by atoms with Gasteiger partial charge in [-0.05, 0) is 12.1 Å². The van der Waals surface area contributed by atoms with E-state index in [1.807, 2.05) is 0 Å². The van der Waals surface area contributed by atoms with Gasteiger partial charge in [-0.1, -0.05) is 17.7 Å². The molecular weight excluding hydrogens is 281 g/mol. The SMILES string of the molecule is FC(F)(F)c1cc(Cl)nc(NCc2ccccn2)n1. The van der Waals surface area contributed by atoms with Gasteiger partial charge in [-0.25, -0.2) is 9.97 Å². The Labute approximate surface area is 111 Å². The predicted octanol–water partition coefficient (Wildman–Crippen LogP) is 3.16. The molecule has 0 saturated carbocycles. The van der Waals surface area contributed by atoms with Gasteiger partial charge in [-0.2, -0.15) is 13.2 Å². The van der Waals surface area contributed by atoms with Crippen molar-refractivity contribution in [3.63, 3.8) is 0 Å². The van der Waals surface area contributed by atoms with Crippen molar-refractivity contribution in [1.82, 2.24) is 15.0 Å². The summed E-state index contributed by atoms with van der Waals surface area (Å²) in [4.78, 5) is 11.1. The summed E-state index contributed by atoms with van der Waals surface area (Å²) in [5, 5.41) is 2.37. The number of aromatic nitrogens is 3. The van der Waals surface area contributed by atoms with Crippen molar-refractivity contribution >= 4 is 17.5 Å². The van der Waals surface area contributed by atoms with Crippen LogP contribution in [0.1, 0.15) is 11.4 Å². The Bertz CT molecular complexity index is 560. The Morgan fingerprint density at radius 2 is 2.00 bits per heavy atom. The summed E-state index contributed by atoms with van der Waals surface area (Å²) < 4.78 is 37.6. The van der Waals surface area contributed by atoms with Gasteiger partial charge in [0.15, 0.2) is 5.69 Å². The van der Waals surface area contributed by atoms with Crippen molar-refractivity contribution in [3.8, 4) is 0 Å². The van der Waals surface area contributed by atoms with E-state index in [1.165, 1.54) is 0 Å². The number of anilines is 1. The van der Waals surface area contributed by atoms with Gasteiger partial charge in [0.2, 0.25) is 5.95 Å². The van der Waals surface area contributed by atoms with E-state index in [-0.39, 0.29) is 17.6 Å². The number of alkyl halides is 3. The first-order valence-corrected chi connectivity index (χ1v) is 5.58. The van der Waals surface area contributed by atoms with Crippen LogP contribution >= 0.6 is 11.6 Å². The monoisotopic (exact) mass is 288 g/mol. The number of hydrogen-bond donors (Lipinski definition) is 1. The number of pyridine rings is 1. The Hall–Kier alpha value is -1.89. The molecule has 2 aromatic rings. The van der Waals surface area contributed by atoms with E-state index in [0.717, 1.165) is 0 Å². The minimum absolute atomic E-state index is 0.189. The van der Waals surface area contributed by atoms with Crippen LogP contribution in [0.25, 0.3) is 0 Å². The summed E-state index contributed by atoms with van der Waals surface area (Å²) in [6, 6.07) is 5.90. The average molecular weight is 289 g/mol. The summed E-state index contributed by atoms with van der Waals surface area (Å²) in [7, 11) is 0. The number of nitrogens with one attached hydrogen (secondary N) is 1. The minimum atomic E-state index is -4.56. The molecular formula is C11H8ClF3N4. The van der Waals surface area contributed by atoms with Gasteiger partial charge in [0.25, 0.3) is 0 Å². The van der Waals surface area contributed by atoms with Gasteiger partial charge in [-0.15, -0.1) is 0 Å². The fraction of sp³-hybridized carbons (Fsp3) is 0.182. The first-order chi connectivity index (χ1) is 8.95. The molecule has 0 bridgehead atoms. The van der Waals surface area contributed by atoms with E-state index in [2.05, 4.69) is 20.3 Å². The van der Waals surface area contributed by atoms with E-state index in [9.17, 15) is 13.2 Å². The molecule has 19 heavy (non-hydrogen) atoms. The Morgan fingerprint density at radius 3 is 2.63 bits per heavy atom. The Morgan fingerprint density at radius 1 is 1.21 bits per heavy atom. The van der Waals surface area contributed by atoms with Gasteiger partial charge in [-0.3, -0.25) is 4.98 Å². The highest BCUT2D eigenvalue weighted by Crippen LogP contribution is 2.29. The lowest BCUT2D eigenvalue weighted by molar-refractivity contribution is -0.141. The molecule has 0 atom stereocenters. The molecule has 1 N–H and O–H groups in total. The molecule has 0 unspecified atom stereocenters. The second-order valence-corrected chi connectivity index (χ2v) is 3.96. The highest BCUT2D eigenvalue weighted by atomic mass is 35.5. The number of halogens is 4. The first-order valence-electron chi connectivity index (χ1n) is 5.21. The molecule has 4 nitrogen and oxygen atoms in total. The van der Waals surface area contributed by atoms with Crippen molar-refractivity contribution in [1.29, 1.82) is 0 Å². The molecule has 2 aromatic heterocycles. The van der Waals surface area contributed by atoms with Crippen LogP contribution in [-0.4, -0.2) is 15.0 Å². The van der Waals surface area contributed by atoms with Crippen LogP contribution in [0.15, 0.2) is 30.5 Å². The topological polar surface area (TPSA) is 50.7 Å². The van der Waals surface area contributed by atoms with Crippen molar-refractivity contribution < 1.29 is 13.2 Å². The normalized spacial score (nSPS) is 11.4. The maximum absolute atomic E-state index is 12.5. The van der Waals surface area contributed by atoms with Crippen LogP contribution in [0.3, 0.4) is 0 Å². The lowest BCUT2D eigenvalue weighted by Gasteiger charge is -2.09. The van der Waals surface area contributed by atoms with E-state index < -0.39 is 11.9 Å². The molecule has 0 aromatic carbocycles. The van der Waals surface area contributed by atoms with Gasteiger partial charge in [0.1, 0.15) is 5.15 Å². The molecule has 0 radical (unpaired) electrons. The summed E-state index contributed by atoms with van der Waals surface area (Å²) >= 11 is 5.53. The Kier molecular flexibility index (Phi) is 3.84. The summed E-state index contributed by atoms with van der Waals surface area (Å²) in [6.45, 7) is 0.207. The molecule has 0 aliphatic rings. The molecule has 2 heterocycles. The van der Waals surface area contributed by atoms with Crippen LogP contribution in [0.4, 0.5) is 19.1 Å². The zero-order valence-corrected chi connectivity index (χ0v) is 10.2. The van der Waals surface area contributed by atoms with E-state index in [0.29, 0.717) is 11.8 Å². The zero-order chi connectivity index (χ0) is 13.9. The molecule has 0 amide bonds. The van der Waals surface area contributed by atoms with E-state index in [1.54, 1.807) is 24.4 Å². The summed E-state index contributed by atoms with van der Waals surface area (Å²) in [5.41, 5.74) is -0.435. The molecule has 8 heteroatoms. The summed E-state index contributed by atoms with van der Waals surface area (Å²) in [6.07, 6.45) is -2.98. The van der Waals surface area contributed by atoms with Crippen molar-refractivity contribution in [2.24, 2.45) is 0 Å². The molecule has 0 saturated heterocycles. The standard InChI is InChI=1S/C11H8ClF3N4/c12-9-5-8(11(13,14)15)18-10(19-9)17-6-7-3-1-2-4-16-7/h1-5H,6H2,(H,17,18,19). The van der Waals surface area contributed by atoms with Gasteiger partial charge < -0.3 is 5.32 Å². The molecule has 2 rings (SSSR count). The largest absolute Gasteiger partial charge is 0.433 e. The van der Waals surface area contributed by atoms with Crippen LogP contribution < -0.4 is 5.32 Å². The van der Waals surface area contributed by atoms with Gasteiger partial charge >= 0.3 is 6.18 Å². The third kappa shape index (κ3) is 3.78. The lowest BCUT2D eigenvalue weighted by atomic mass is 10.3. The molecule has 0 aliphatic heterocycles. The zero-order valence-electron chi connectivity index (χ0n) is 9.45. The average Bonchev–Trinajstić information content (AvgIpc) is 2.36. The third-order valence-electron chi connectivity index (χ3n) is 2.14. The molecule has 0 fully saturated rings. The Balaban J connectivity index is 2.15. The van der Waals surface area contributed by atoms with Gasteiger partial charge in [0, 0.05) is 12.3 Å². The minimum Gasteiger partial charge on any atom is -0.349 e. The fourth-order valence-electron chi connectivity index (χ4n) is 1.31. The van der Waals surface area contributed by atoms with E-state index in [4.69, 9.17) is 11.6 Å². The molecule has 0 spiro atoms. The highest BCUT2D eigenvalue weighted by Gasteiger charge is 2.33. The van der Waals surface area contributed by atoms with Crippen LogP contribution in [0, 0.1) is 0 Å². The maximum Gasteiger partial charge on any atom is 0.433 e. The second kappa shape index (κ2) is 5.40. The van der Waals surface area contributed by atoms with Gasteiger partial charge in [0.05, 0.1) is 12.2 Å². The fourth-order valence-corrected chi connectivity index (χ4v) is 1.50. The molecule has 0 aliphatic carbocycles. The second-order valence-electron chi connectivity index (χ2n) is 3.57. The smallest absolute Gasteiger partial charge is 0.349 e. The number of nitrogens with zero attached hydrogens (tertiary/aromatic N) is 3. The van der Waals surface area contributed by atoms with Crippen LogP contribution in [0.2, 0.25) is 5.15 Å². The van der Waals surface area contributed by atoms with Crippen LogP contribution in [-0.2, 0) is 12.7 Å². The van der Waals surface area contributed by atoms with E-state index >= 15 is 0 Å². The number of hydrogen-bond acceptors (Lipinski definition) is 4. The first kappa shape index (κ1) is 13.5. The predicted molar refractivity (Wildman–Crippen MR) is 63.6 cm³/mol. The third-order valence-corrected chi connectivity index (χ3v) is 2.33. The van der Waals surface area contributed by atoms with Crippen molar-refractivity contribution in [3.05, 3.63) is 47.0 Å².